The lowest BCUT2D eigenvalue weighted by Crippen LogP contribution is -2.11. The zero-order valence-electron chi connectivity index (χ0n) is 11.7. The molecule has 20 heavy (non-hydrogen) atoms. The SMILES string of the molecule is COc1ccc(NCCOc2ccc(Br)cc2)cc1C. The summed E-state index contributed by atoms with van der Waals surface area (Å²) in [5.74, 6) is 1.78. The molecule has 0 saturated carbocycles. The van der Waals surface area contributed by atoms with Gasteiger partial charge in [-0.3, -0.25) is 0 Å². The van der Waals surface area contributed by atoms with E-state index in [1.165, 1.54) is 0 Å². The maximum atomic E-state index is 5.65. The van der Waals surface area contributed by atoms with Crippen LogP contribution >= 0.6 is 15.9 Å². The molecule has 106 valence electrons. The molecular formula is C16H18BrNO2. The van der Waals surface area contributed by atoms with Gasteiger partial charge in [0.05, 0.1) is 7.11 Å². The van der Waals surface area contributed by atoms with Crippen LogP contribution in [-0.2, 0) is 0 Å². The summed E-state index contributed by atoms with van der Waals surface area (Å²) in [5.41, 5.74) is 2.19. The minimum atomic E-state index is 0.618. The van der Waals surface area contributed by atoms with Crippen molar-refractivity contribution in [3.05, 3.63) is 52.5 Å². The number of ether oxygens (including phenoxy) is 2. The molecule has 0 unspecified atom stereocenters. The van der Waals surface area contributed by atoms with E-state index in [9.17, 15) is 0 Å². The molecule has 0 heterocycles. The predicted molar refractivity (Wildman–Crippen MR) is 85.9 cm³/mol. The zero-order chi connectivity index (χ0) is 14.4. The Hall–Kier alpha value is -1.68. The Kier molecular flexibility index (Phi) is 5.30. The van der Waals surface area contributed by atoms with Crippen LogP contribution in [0.2, 0.25) is 0 Å². The van der Waals surface area contributed by atoms with Crippen molar-refractivity contribution in [3.8, 4) is 11.5 Å². The molecule has 2 rings (SSSR count). The minimum Gasteiger partial charge on any atom is -0.496 e. The van der Waals surface area contributed by atoms with Gasteiger partial charge in [0.2, 0.25) is 0 Å². The molecule has 0 radical (unpaired) electrons. The third-order valence-corrected chi connectivity index (χ3v) is 3.44. The first kappa shape index (κ1) is 14.7. The number of benzene rings is 2. The Labute approximate surface area is 128 Å². The Morgan fingerprint density at radius 2 is 1.85 bits per heavy atom. The zero-order valence-corrected chi connectivity index (χ0v) is 13.2. The second kappa shape index (κ2) is 7.20. The van der Waals surface area contributed by atoms with E-state index in [4.69, 9.17) is 9.47 Å². The maximum Gasteiger partial charge on any atom is 0.121 e. The van der Waals surface area contributed by atoms with Gasteiger partial charge >= 0.3 is 0 Å². The van der Waals surface area contributed by atoms with E-state index in [1.807, 2.05) is 43.3 Å². The van der Waals surface area contributed by atoms with Gasteiger partial charge in [-0.15, -0.1) is 0 Å². The van der Waals surface area contributed by atoms with Crippen molar-refractivity contribution in [2.45, 2.75) is 6.92 Å². The molecule has 0 aliphatic heterocycles. The van der Waals surface area contributed by atoms with E-state index in [1.54, 1.807) is 7.11 Å². The van der Waals surface area contributed by atoms with E-state index in [2.05, 4.69) is 27.3 Å². The van der Waals surface area contributed by atoms with E-state index >= 15 is 0 Å². The molecular weight excluding hydrogens is 318 g/mol. The van der Waals surface area contributed by atoms with Crippen LogP contribution < -0.4 is 14.8 Å². The summed E-state index contributed by atoms with van der Waals surface area (Å²) in [4.78, 5) is 0. The second-order valence-corrected chi connectivity index (χ2v) is 5.33. The fourth-order valence-corrected chi connectivity index (χ4v) is 2.15. The highest BCUT2D eigenvalue weighted by atomic mass is 79.9. The molecule has 0 atom stereocenters. The number of hydrogen-bond donors (Lipinski definition) is 1. The maximum absolute atomic E-state index is 5.65. The van der Waals surface area contributed by atoms with Crippen molar-refractivity contribution >= 4 is 21.6 Å². The summed E-state index contributed by atoms with van der Waals surface area (Å²) in [7, 11) is 1.68. The number of halogens is 1. The van der Waals surface area contributed by atoms with Crippen LogP contribution in [0, 0.1) is 6.92 Å². The number of aryl methyl sites for hydroxylation is 1. The molecule has 2 aromatic rings. The normalized spacial score (nSPS) is 10.2. The number of anilines is 1. The molecule has 2 aromatic carbocycles. The Bertz CT molecular complexity index is 555. The van der Waals surface area contributed by atoms with Gasteiger partial charge in [-0.1, -0.05) is 15.9 Å². The second-order valence-electron chi connectivity index (χ2n) is 4.41. The van der Waals surface area contributed by atoms with Crippen LogP contribution in [0.4, 0.5) is 5.69 Å². The van der Waals surface area contributed by atoms with Crippen molar-refractivity contribution in [1.82, 2.24) is 0 Å². The van der Waals surface area contributed by atoms with Gasteiger partial charge in [-0.25, -0.2) is 0 Å². The van der Waals surface area contributed by atoms with Crippen LogP contribution in [-0.4, -0.2) is 20.3 Å². The summed E-state index contributed by atoms with van der Waals surface area (Å²) in [5, 5.41) is 3.33. The van der Waals surface area contributed by atoms with Gasteiger partial charge in [-0.2, -0.15) is 0 Å². The van der Waals surface area contributed by atoms with Crippen LogP contribution in [0.1, 0.15) is 5.56 Å². The molecule has 0 amide bonds. The van der Waals surface area contributed by atoms with Crippen molar-refractivity contribution in [3.63, 3.8) is 0 Å². The Morgan fingerprint density at radius 3 is 2.50 bits per heavy atom. The molecule has 0 saturated heterocycles. The van der Waals surface area contributed by atoms with Crippen LogP contribution in [0.25, 0.3) is 0 Å². The summed E-state index contributed by atoms with van der Waals surface area (Å²) < 4.78 is 11.9. The van der Waals surface area contributed by atoms with Crippen LogP contribution in [0.3, 0.4) is 0 Å². The monoisotopic (exact) mass is 335 g/mol. The average molecular weight is 336 g/mol. The fraction of sp³-hybridized carbons (Fsp3) is 0.250. The number of hydrogen-bond acceptors (Lipinski definition) is 3. The fourth-order valence-electron chi connectivity index (χ4n) is 1.88. The van der Waals surface area contributed by atoms with Crippen molar-refractivity contribution in [2.24, 2.45) is 0 Å². The van der Waals surface area contributed by atoms with Crippen molar-refractivity contribution in [1.29, 1.82) is 0 Å². The van der Waals surface area contributed by atoms with Gasteiger partial charge in [-0.05, 0) is 55.0 Å². The lowest BCUT2D eigenvalue weighted by Gasteiger charge is -2.11. The number of rotatable bonds is 6. The lowest BCUT2D eigenvalue weighted by atomic mass is 10.2. The molecule has 0 spiro atoms. The topological polar surface area (TPSA) is 30.5 Å². The highest BCUT2D eigenvalue weighted by Gasteiger charge is 1.99. The number of methoxy groups -OCH3 is 1. The van der Waals surface area contributed by atoms with Gasteiger partial charge < -0.3 is 14.8 Å². The first-order valence-electron chi connectivity index (χ1n) is 6.46. The van der Waals surface area contributed by atoms with Crippen molar-refractivity contribution in [2.75, 3.05) is 25.6 Å². The third-order valence-electron chi connectivity index (χ3n) is 2.91. The Morgan fingerprint density at radius 1 is 1.10 bits per heavy atom. The quantitative estimate of drug-likeness (QED) is 0.800. The number of nitrogens with one attached hydrogen (secondary N) is 1. The van der Waals surface area contributed by atoms with Crippen LogP contribution in [0.5, 0.6) is 11.5 Å². The first-order chi connectivity index (χ1) is 9.69. The summed E-state index contributed by atoms with van der Waals surface area (Å²) in [6.45, 7) is 3.40. The molecule has 0 aliphatic carbocycles. The molecule has 1 N–H and O–H groups in total. The molecule has 0 fully saturated rings. The highest BCUT2D eigenvalue weighted by molar-refractivity contribution is 9.10. The highest BCUT2D eigenvalue weighted by Crippen LogP contribution is 2.21. The van der Waals surface area contributed by atoms with Crippen LogP contribution in [0.15, 0.2) is 46.9 Å². The minimum absolute atomic E-state index is 0.618. The Balaban J connectivity index is 1.78. The molecule has 0 aliphatic rings. The van der Waals surface area contributed by atoms with Crippen molar-refractivity contribution < 1.29 is 9.47 Å². The largest absolute Gasteiger partial charge is 0.496 e. The van der Waals surface area contributed by atoms with E-state index in [0.29, 0.717) is 6.61 Å². The molecule has 0 bridgehead atoms. The smallest absolute Gasteiger partial charge is 0.121 e. The third kappa shape index (κ3) is 4.17. The molecule has 0 aromatic heterocycles. The van der Waals surface area contributed by atoms with Gasteiger partial charge in [0.25, 0.3) is 0 Å². The van der Waals surface area contributed by atoms with E-state index in [-0.39, 0.29) is 0 Å². The van der Waals surface area contributed by atoms with Gasteiger partial charge in [0.1, 0.15) is 18.1 Å². The lowest BCUT2D eigenvalue weighted by molar-refractivity contribution is 0.333. The molecule has 4 heteroatoms. The van der Waals surface area contributed by atoms with Gasteiger partial charge in [0.15, 0.2) is 0 Å². The molecule has 3 nitrogen and oxygen atoms in total. The van der Waals surface area contributed by atoms with E-state index in [0.717, 1.165) is 33.8 Å². The van der Waals surface area contributed by atoms with E-state index < -0.39 is 0 Å². The predicted octanol–water partition coefficient (Wildman–Crippen LogP) is 4.26. The summed E-state index contributed by atoms with van der Waals surface area (Å²) in [6, 6.07) is 13.9. The average Bonchev–Trinajstić information content (AvgIpc) is 2.46. The summed E-state index contributed by atoms with van der Waals surface area (Å²) in [6.07, 6.45) is 0. The standard InChI is InChI=1S/C16H18BrNO2/c1-12-11-14(5-8-16(12)19-2)18-9-10-20-15-6-3-13(17)4-7-15/h3-8,11,18H,9-10H2,1-2H3. The first-order valence-corrected chi connectivity index (χ1v) is 7.25. The summed E-state index contributed by atoms with van der Waals surface area (Å²) >= 11 is 3.40. The van der Waals surface area contributed by atoms with Gasteiger partial charge in [0, 0.05) is 16.7 Å².